The summed E-state index contributed by atoms with van der Waals surface area (Å²) in [4.78, 5) is 10.7. The van der Waals surface area contributed by atoms with E-state index in [1.54, 1.807) is 12.1 Å². The molecule has 0 aliphatic rings. The second-order valence-corrected chi connectivity index (χ2v) is 3.06. The summed E-state index contributed by atoms with van der Waals surface area (Å²) in [6, 6.07) is 3.42. The van der Waals surface area contributed by atoms with E-state index in [9.17, 15) is 9.90 Å². The Morgan fingerprint density at radius 2 is 2.53 bits per heavy atom. The van der Waals surface area contributed by atoms with E-state index in [2.05, 4.69) is 10.1 Å². The summed E-state index contributed by atoms with van der Waals surface area (Å²) in [5, 5.41) is 12.5. The third kappa shape index (κ3) is 4.14. The lowest BCUT2D eigenvalue weighted by molar-refractivity contribution is -0.140. The third-order valence-electron chi connectivity index (χ3n) is 1.94. The Hall–Kier alpha value is -1.33. The van der Waals surface area contributed by atoms with Crippen LogP contribution in [0, 0.1) is 0 Å². The maximum atomic E-state index is 10.7. The first-order valence-electron chi connectivity index (χ1n) is 4.73. The van der Waals surface area contributed by atoms with E-state index in [-0.39, 0.29) is 5.97 Å². The molecule has 0 aromatic carbocycles. The zero-order chi connectivity index (χ0) is 11.1. The molecule has 0 spiro atoms. The van der Waals surface area contributed by atoms with Crippen LogP contribution in [0.3, 0.4) is 0 Å². The fourth-order valence-electron chi connectivity index (χ4n) is 1.11. The molecule has 1 unspecified atom stereocenters. The molecule has 0 bridgehead atoms. The highest BCUT2D eigenvalue weighted by Gasteiger charge is 2.09. The molecule has 5 heteroatoms. The maximum Gasteiger partial charge on any atom is 0.306 e. The van der Waals surface area contributed by atoms with E-state index in [0.29, 0.717) is 25.3 Å². The van der Waals surface area contributed by atoms with Gasteiger partial charge in [0, 0.05) is 13.1 Å². The van der Waals surface area contributed by atoms with Crippen LogP contribution in [0.2, 0.25) is 0 Å². The summed E-state index contributed by atoms with van der Waals surface area (Å²) >= 11 is 0. The van der Waals surface area contributed by atoms with Gasteiger partial charge in [-0.3, -0.25) is 4.79 Å². The second-order valence-electron chi connectivity index (χ2n) is 3.06. The fraction of sp³-hybridized carbons (Fsp3) is 0.500. The van der Waals surface area contributed by atoms with Crippen LogP contribution in [0.15, 0.2) is 22.8 Å². The Morgan fingerprint density at radius 1 is 1.73 bits per heavy atom. The summed E-state index contributed by atoms with van der Waals surface area (Å²) in [5.41, 5.74) is 0. The normalized spacial score (nSPS) is 12.4. The summed E-state index contributed by atoms with van der Waals surface area (Å²) in [6.07, 6.45) is 1.12. The molecule has 1 aromatic heterocycles. The summed E-state index contributed by atoms with van der Waals surface area (Å²) in [6.45, 7) is 0.828. The molecule has 1 heterocycles. The number of aliphatic hydroxyl groups is 1. The number of carbonyl (C=O) groups is 1. The first-order valence-corrected chi connectivity index (χ1v) is 4.73. The number of hydrogen-bond donors (Lipinski definition) is 2. The number of carbonyl (C=O) groups excluding carboxylic acids is 1. The van der Waals surface area contributed by atoms with Gasteiger partial charge >= 0.3 is 5.97 Å². The standard InChI is InChI=1S/C10H15NO4/c1-14-10(13)4-5-11-7-8(12)9-3-2-6-15-9/h2-3,6,8,11-12H,4-5,7H2,1H3. The van der Waals surface area contributed by atoms with Gasteiger partial charge in [-0.1, -0.05) is 0 Å². The van der Waals surface area contributed by atoms with Crippen molar-refractivity contribution in [1.82, 2.24) is 5.32 Å². The first kappa shape index (κ1) is 11.7. The van der Waals surface area contributed by atoms with E-state index < -0.39 is 6.10 Å². The topological polar surface area (TPSA) is 71.7 Å². The van der Waals surface area contributed by atoms with Crippen molar-refractivity contribution in [3.8, 4) is 0 Å². The molecule has 1 atom stereocenters. The van der Waals surface area contributed by atoms with Gasteiger partial charge in [0.2, 0.25) is 0 Å². The third-order valence-corrected chi connectivity index (χ3v) is 1.94. The van der Waals surface area contributed by atoms with E-state index in [1.807, 2.05) is 0 Å². The molecular weight excluding hydrogens is 198 g/mol. The highest BCUT2D eigenvalue weighted by atomic mass is 16.5. The highest BCUT2D eigenvalue weighted by molar-refractivity contribution is 5.69. The average Bonchev–Trinajstić information content (AvgIpc) is 2.77. The molecule has 0 saturated heterocycles. The molecule has 2 N–H and O–H groups in total. The number of aliphatic hydroxyl groups excluding tert-OH is 1. The molecule has 0 amide bonds. The molecule has 1 rings (SSSR count). The summed E-state index contributed by atoms with van der Waals surface area (Å²) < 4.78 is 9.48. The maximum absolute atomic E-state index is 10.7. The Bertz CT molecular complexity index is 284. The number of ether oxygens (including phenoxy) is 1. The predicted molar refractivity (Wildman–Crippen MR) is 53.2 cm³/mol. The van der Waals surface area contributed by atoms with Gasteiger partial charge in [-0.05, 0) is 12.1 Å². The van der Waals surface area contributed by atoms with E-state index in [1.165, 1.54) is 13.4 Å². The van der Waals surface area contributed by atoms with E-state index >= 15 is 0 Å². The molecule has 84 valence electrons. The minimum atomic E-state index is -0.683. The van der Waals surface area contributed by atoms with Crippen molar-refractivity contribution in [3.63, 3.8) is 0 Å². The van der Waals surface area contributed by atoms with Crippen LogP contribution in [-0.2, 0) is 9.53 Å². The molecular formula is C10H15NO4. The van der Waals surface area contributed by atoms with E-state index in [0.717, 1.165) is 0 Å². The van der Waals surface area contributed by atoms with Crippen molar-refractivity contribution in [2.45, 2.75) is 12.5 Å². The van der Waals surface area contributed by atoms with Crippen LogP contribution in [0.25, 0.3) is 0 Å². The minimum Gasteiger partial charge on any atom is -0.469 e. The summed E-state index contributed by atoms with van der Waals surface area (Å²) in [5.74, 6) is 0.246. The average molecular weight is 213 g/mol. The molecule has 5 nitrogen and oxygen atoms in total. The molecule has 0 aliphatic carbocycles. The van der Waals surface area contributed by atoms with Gasteiger partial charge in [0.15, 0.2) is 0 Å². The lowest BCUT2D eigenvalue weighted by atomic mass is 10.2. The van der Waals surface area contributed by atoms with Crippen LogP contribution in [0.5, 0.6) is 0 Å². The van der Waals surface area contributed by atoms with Crippen LogP contribution in [0.1, 0.15) is 18.3 Å². The van der Waals surface area contributed by atoms with Gasteiger partial charge in [0.25, 0.3) is 0 Å². The molecule has 0 radical (unpaired) electrons. The van der Waals surface area contributed by atoms with Gasteiger partial charge in [0.05, 0.1) is 19.8 Å². The highest BCUT2D eigenvalue weighted by Crippen LogP contribution is 2.11. The number of hydrogen-bond acceptors (Lipinski definition) is 5. The molecule has 1 aromatic rings. The monoisotopic (exact) mass is 213 g/mol. The van der Waals surface area contributed by atoms with Gasteiger partial charge in [-0.2, -0.15) is 0 Å². The smallest absolute Gasteiger partial charge is 0.306 e. The molecule has 0 saturated carbocycles. The zero-order valence-electron chi connectivity index (χ0n) is 8.60. The fourth-order valence-corrected chi connectivity index (χ4v) is 1.11. The number of nitrogens with one attached hydrogen (secondary N) is 1. The van der Waals surface area contributed by atoms with Gasteiger partial charge in [-0.25, -0.2) is 0 Å². The zero-order valence-corrected chi connectivity index (χ0v) is 8.60. The van der Waals surface area contributed by atoms with Gasteiger partial charge < -0.3 is 19.6 Å². The Morgan fingerprint density at radius 3 is 3.13 bits per heavy atom. The van der Waals surface area contributed by atoms with E-state index in [4.69, 9.17) is 4.42 Å². The Balaban J connectivity index is 2.13. The van der Waals surface area contributed by atoms with Crippen LogP contribution in [-0.4, -0.2) is 31.3 Å². The number of methoxy groups -OCH3 is 1. The van der Waals surface area contributed by atoms with Crippen molar-refractivity contribution in [2.24, 2.45) is 0 Å². The minimum absolute atomic E-state index is 0.269. The molecule has 0 aliphatic heterocycles. The Kier molecular flexibility index (Phi) is 4.86. The van der Waals surface area contributed by atoms with Crippen molar-refractivity contribution >= 4 is 5.97 Å². The first-order chi connectivity index (χ1) is 7.24. The Labute approximate surface area is 88.0 Å². The largest absolute Gasteiger partial charge is 0.469 e. The van der Waals surface area contributed by atoms with Gasteiger partial charge in [0.1, 0.15) is 11.9 Å². The molecule has 15 heavy (non-hydrogen) atoms. The van der Waals surface area contributed by atoms with Crippen molar-refractivity contribution < 1.29 is 19.1 Å². The predicted octanol–water partition coefficient (Wildman–Crippen LogP) is 0.466. The number of rotatable bonds is 6. The van der Waals surface area contributed by atoms with Crippen molar-refractivity contribution in [3.05, 3.63) is 24.2 Å². The number of esters is 1. The van der Waals surface area contributed by atoms with Crippen LogP contribution >= 0.6 is 0 Å². The second kappa shape index (κ2) is 6.21. The number of furan rings is 1. The lowest BCUT2D eigenvalue weighted by Gasteiger charge is -2.08. The quantitative estimate of drug-likeness (QED) is 0.530. The summed E-state index contributed by atoms with van der Waals surface area (Å²) in [7, 11) is 1.35. The molecule has 0 fully saturated rings. The van der Waals surface area contributed by atoms with Crippen LogP contribution in [0.4, 0.5) is 0 Å². The van der Waals surface area contributed by atoms with Crippen LogP contribution < -0.4 is 5.32 Å². The SMILES string of the molecule is COC(=O)CCNCC(O)c1ccco1. The van der Waals surface area contributed by atoms with Gasteiger partial charge in [-0.15, -0.1) is 0 Å². The van der Waals surface area contributed by atoms with Crippen molar-refractivity contribution in [2.75, 3.05) is 20.2 Å². The van der Waals surface area contributed by atoms with Crippen molar-refractivity contribution in [1.29, 1.82) is 0 Å². The lowest BCUT2D eigenvalue weighted by Crippen LogP contribution is -2.24.